The molecule has 196 valence electrons. The molecule has 1 aromatic heterocycles. The molecule has 2 atom stereocenters. The second-order valence-electron chi connectivity index (χ2n) is 9.67. The number of halogens is 3. The number of phenolic OH excluding ortho intramolecular Hbond substituents is 1. The molecule has 3 aromatic rings. The van der Waals surface area contributed by atoms with Gasteiger partial charge < -0.3 is 9.84 Å². The van der Waals surface area contributed by atoms with Crippen LogP contribution in [0, 0.1) is 0 Å². The number of aromatic nitrogens is 4. The van der Waals surface area contributed by atoms with E-state index in [9.17, 15) is 23.1 Å². The lowest BCUT2D eigenvalue weighted by Gasteiger charge is -2.40. The van der Waals surface area contributed by atoms with Crippen LogP contribution < -0.4 is 0 Å². The SMILES string of the molecule is CC(C)(C)OC(=O)N1CCCC(N=Cc2cc(-n3nnnc3C(F)(F)F)ccc2O)C1c1ccccc1. The number of ether oxygens (including phenoxy) is 1. The third kappa shape index (κ3) is 6.07. The molecule has 2 heterocycles. The first-order valence-corrected chi connectivity index (χ1v) is 11.7. The average Bonchev–Trinajstić information content (AvgIpc) is 3.34. The molecule has 1 aliphatic heterocycles. The minimum atomic E-state index is -4.76. The predicted molar refractivity (Wildman–Crippen MR) is 129 cm³/mol. The van der Waals surface area contributed by atoms with Gasteiger partial charge in [0.2, 0.25) is 0 Å². The number of carbonyl (C=O) groups is 1. The van der Waals surface area contributed by atoms with Crippen molar-refractivity contribution in [3.63, 3.8) is 0 Å². The van der Waals surface area contributed by atoms with E-state index in [0.29, 0.717) is 24.1 Å². The van der Waals surface area contributed by atoms with Crippen LogP contribution >= 0.6 is 0 Å². The van der Waals surface area contributed by atoms with Crippen molar-refractivity contribution in [1.82, 2.24) is 25.1 Å². The number of piperidine rings is 1. The van der Waals surface area contributed by atoms with Crippen LogP contribution in [0.15, 0.2) is 53.5 Å². The van der Waals surface area contributed by atoms with Crippen LogP contribution in [0.5, 0.6) is 5.75 Å². The quantitative estimate of drug-likeness (QED) is 0.492. The minimum Gasteiger partial charge on any atom is -0.507 e. The van der Waals surface area contributed by atoms with E-state index in [1.807, 2.05) is 30.3 Å². The molecule has 1 N–H and O–H groups in total. The van der Waals surface area contributed by atoms with Gasteiger partial charge in [0.25, 0.3) is 5.82 Å². The van der Waals surface area contributed by atoms with Crippen LogP contribution in [-0.4, -0.2) is 60.7 Å². The summed E-state index contributed by atoms with van der Waals surface area (Å²) in [4.78, 5) is 19.4. The van der Waals surface area contributed by atoms with Gasteiger partial charge in [0, 0.05) is 18.3 Å². The van der Waals surface area contributed by atoms with Gasteiger partial charge in [-0.1, -0.05) is 30.3 Å². The summed E-state index contributed by atoms with van der Waals surface area (Å²) in [5, 5.41) is 20.0. The second-order valence-corrected chi connectivity index (χ2v) is 9.67. The first-order chi connectivity index (χ1) is 17.4. The zero-order valence-electron chi connectivity index (χ0n) is 20.6. The normalized spacial score (nSPS) is 18.8. The predicted octanol–water partition coefficient (Wildman–Crippen LogP) is 4.95. The lowest BCUT2D eigenvalue weighted by atomic mass is 9.91. The van der Waals surface area contributed by atoms with Gasteiger partial charge in [-0.15, -0.1) is 5.10 Å². The number of hydrogen-bond acceptors (Lipinski definition) is 7. The highest BCUT2D eigenvalue weighted by atomic mass is 19.4. The van der Waals surface area contributed by atoms with E-state index in [0.717, 1.165) is 5.56 Å². The Balaban J connectivity index is 1.67. The third-order valence-electron chi connectivity index (χ3n) is 5.75. The molecule has 2 unspecified atom stereocenters. The maximum absolute atomic E-state index is 13.3. The standard InChI is InChI=1S/C25H27F3N6O3/c1-24(2,3)37-23(36)33-13-7-10-19(21(33)16-8-5-4-6-9-16)29-15-17-14-18(11-12-20(17)35)34-22(25(26,27)28)30-31-32-34/h4-6,8-9,11-12,14-15,19,21,35H,7,10,13H2,1-3H3. The number of rotatable bonds is 4. The summed E-state index contributed by atoms with van der Waals surface area (Å²) in [5.74, 6) is -1.46. The molecule has 1 fully saturated rings. The van der Waals surface area contributed by atoms with E-state index in [1.54, 1.807) is 25.7 Å². The van der Waals surface area contributed by atoms with E-state index in [1.165, 1.54) is 24.4 Å². The topological polar surface area (TPSA) is 106 Å². The van der Waals surface area contributed by atoms with Crippen molar-refractivity contribution in [3.05, 3.63) is 65.5 Å². The summed E-state index contributed by atoms with van der Waals surface area (Å²) in [6, 6.07) is 12.5. The molecule has 0 bridgehead atoms. The molecule has 4 rings (SSSR count). The zero-order valence-corrected chi connectivity index (χ0v) is 20.6. The van der Waals surface area contributed by atoms with Gasteiger partial charge in [0.1, 0.15) is 11.4 Å². The first kappa shape index (κ1) is 26.1. The number of carbonyl (C=O) groups excluding carboxylic acids is 1. The number of tetrazole rings is 1. The van der Waals surface area contributed by atoms with Gasteiger partial charge >= 0.3 is 12.3 Å². The highest BCUT2D eigenvalue weighted by molar-refractivity contribution is 5.84. The summed E-state index contributed by atoms with van der Waals surface area (Å²) in [6.07, 6.45) is -2.48. The molecule has 37 heavy (non-hydrogen) atoms. The molecule has 12 heteroatoms. The van der Waals surface area contributed by atoms with Gasteiger partial charge in [-0.25, -0.2) is 4.79 Å². The molecular formula is C25H27F3N6O3. The van der Waals surface area contributed by atoms with Crippen LogP contribution in [0.3, 0.4) is 0 Å². The fourth-order valence-corrected chi connectivity index (χ4v) is 4.20. The molecule has 0 aliphatic carbocycles. The lowest BCUT2D eigenvalue weighted by Crippen LogP contribution is -2.46. The van der Waals surface area contributed by atoms with Gasteiger partial charge in [0.05, 0.1) is 17.8 Å². The molecule has 0 spiro atoms. The monoisotopic (exact) mass is 516 g/mol. The van der Waals surface area contributed by atoms with Crippen molar-refractivity contribution in [2.45, 2.75) is 57.5 Å². The summed E-state index contributed by atoms with van der Waals surface area (Å²) in [5.41, 5.74) is 0.390. The number of alkyl halides is 3. The number of amides is 1. The Kier molecular flexibility index (Phi) is 7.19. The van der Waals surface area contributed by atoms with E-state index in [2.05, 4.69) is 20.5 Å². The van der Waals surface area contributed by atoms with Crippen LogP contribution in [-0.2, 0) is 10.9 Å². The number of phenols is 1. The molecule has 1 saturated heterocycles. The minimum absolute atomic E-state index is 0.00945. The molecule has 0 radical (unpaired) electrons. The largest absolute Gasteiger partial charge is 0.507 e. The van der Waals surface area contributed by atoms with E-state index >= 15 is 0 Å². The van der Waals surface area contributed by atoms with E-state index < -0.39 is 29.7 Å². The number of aromatic hydroxyl groups is 1. The number of benzene rings is 2. The summed E-state index contributed by atoms with van der Waals surface area (Å²) in [6.45, 7) is 5.88. The van der Waals surface area contributed by atoms with Crippen molar-refractivity contribution in [3.8, 4) is 11.4 Å². The lowest BCUT2D eigenvalue weighted by molar-refractivity contribution is -0.146. The molecular weight excluding hydrogens is 489 g/mol. The number of aliphatic imine (C=N–C) groups is 1. The van der Waals surface area contributed by atoms with Crippen LogP contribution in [0.2, 0.25) is 0 Å². The van der Waals surface area contributed by atoms with E-state index in [-0.39, 0.29) is 23.0 Å². The second kappa shape index (κ2) is 10.2. The van der Waals surface area contributed by atoms with Crippen LogP contribution in [0.1, 0.15) is 56.6 Å². The molecule has 2 aromatic carbocycles. The fourth-order valence-electron chi connectivity index (χ4n) is 4.20. The molecule has 1 aliphatic rings. The first-order valence-electron chi connectivity index (χ1n) is 11.7. The zero-order chi connectivity index (χ0) is 26.8. The summed E-state index contributed by atoms with van der Waals surface area (Å²) < 4.78 is 46.0. The van der Waals surface area contributed by atoms with Crippen molar-refractivity contribution in [1.29, 1.82) is 0 Å². The Labute approximate surface area is 211 Å². The Morgan fingerprint density at radius 2 is 1.89 bits per heavy atom. The summed E-state index contributed by atoms with van der Waals surface area (Å²) >= 11 is 0. The number of nitrogens with zero attached hydrogens (tertiary/aromatic N) is 6. The van der Waals surface area contributed by atoms with Crippen molar-refractivity contribution in [2.24, 2.45) is 4.99 Å². The van der Waals surface area contributed by atoms with Crippen molar-refractivity contribution in [2.75, 3.05) is 6.54 Å². The van der Waals surface area contributed by atoms with E-state index in [4.69, 9.17) is 4.74 Å². The smallest absolute Gasteiger partial charge is 0.453 e. The maximum Gasteiger partial charge on any atom is 0.453 e. The van der Waals surface area contributed by atoms with Gasteiger partial charge in [-0.2, -0.15) is 17.9 Å². The molecule has 1 amide bonds. The Morgan fingerprint density at radius 3 is 2.57 bits per heavy atom. The van der Waals surface area contributed by atoms with Crippen LogP contribution in [0.25, 0.3) is 5.69 Å². The van der Waals surface area contributed by atoms with Gasteiger partial charge in [-0.3, -0.25) is 9.89 Å². The molecule has 9 nitrogen and oxygen atoms in total. The highest BCUT2D eigenvalue weighted by Crippen LogP contribution is 2.35. The van der Waals surface area contributed by atoms with Gasteiger partial charge in [0.15, 0.2) is 0 Å². The maximum atomic E-state index is 13.3. The fraction of sp³-hybridized carbons (Fsp3) is 0.400. The Hall–Kier alpha value is -3.96. The third-order valence-corrected chi connectivity index (χ3v) is 5.75. The van der Waals surface area contributed by atoms with Crippen molar-refractivity contribution >= 4 is 12.3 Å². The Bertz CT molecular complexity index is 1270. The Morgan fingerprint density at radius 1 is 1.16 bits per heavy atom. The van der Waals surface area contributed by atoms with Gasteiger partial charge in [-0.05, 0) is 67.8 Å². The number of hydrogen-bond donors (Lipinski definition) is 1. The number of likely N-dealkylation sites (tertiary alicyclic amines) is 1. The van der Waals surface area contributed by atoms with Crippen LogP contribution in [0.4, 0.5) is 18.0 Å². The van der Waals surface area contributed by atoms with Crippen molar-refractivity contribution < 1.29 is 27.8 Å². The highest BCUT2D eigenvalue weighted by Gasteiger charge is 2.39. The molecule has 0 saturated carbocycles. The average molecular weight is 517 g/mol. The summed E-state index contributed by atoms with van der Waals surface area (Å²) in [7, 11) is 0.